The van der Waals surface area contributed by atoms with E-state index >= 15 is 0 Å². The number of nitrogens with zero attached hydrogens (tertiary/aromatic N) is 2. The van der Waals surface area contributed by atoms with Crippen LogP contribution in [0, 0.1) is 25.7 Å². The van der Waals surface area contributed by atoms with Gasteiger partial charge >= 0.3 is 5.63 Å². The number of rotatable bonds is 2. The summed E-state index contributed by atoms with van der Waals surface area (Å²) in [6, 6.07) is 4.26. The number of hydrogen-bond donors (Lipinski definition) is 1. The Morgan fingerprint density at radius 2 is 2.03 bits per heavy atom. The smallest absolute Gasteiger partial charge is 0.340 e. The van der Waals surface area contributed by atoms with E-state index in [0.717, 1.165) is 31.5 Å². The van der Waals surface area contributed by atoms with Crippen molar-refractivity contribution >= 4 is 16.9 Å². The summed E-state index contributed by atoms with van der Waals surface area (Å²) >= 11 is 0. The predicted molar refractivity (Wildman–Crippen MR) is 131 cm³/mol. The van der Waals surface area contributed by atoms with Gasteiger partial charge in [0.25, 0.3) is 0 Å². The number of hydrogen-bond acceptors (Lipinski definition) is 5. The predicted octanol–water partition coefficient (Wildman–Crippen LogP) is 4.08. The molecular weight excluding hydrogens is 428 g/mol. The van der Waals surface area contributed by atoms with Gasteiger partial charge < -0.3 is 14.4 Å². The molecule has 6 nitrogen and oxygen atoms in total. The Morgan fingerprint density at radius 1 is 1.18 bits per heavy atom. The minimum Gasteiger partial charge on any atom is -0.507 e. The van der Waals surface area contributed by atoms with Crippen LogP contribution in [0.5, 0.6) is 5.75 Å². The highest BCUT2D eigenvalue weighted by Gasteiger charge is 2.46. The summed E-state index contributed by atoms with van der Waals surface area (Å²) in [5.74, 6) is 1.19. The third-order valence-corrected chi connectivity index (χ3v) is 8.81. The van der Waals surface area contributed by atoms with Gasteiger partial charge in [0.1, 0.15) is 11.3 Å². The largest absolute Gasteiger partial charge is 0.507 e. The van der Waals surface area contributed by atoms with Crippen LogP contribution in [0.2, 0.25) is 0 Å². The van der Waals surface area contributed by atoms with Crippen LogP contribution in [-0.2, 0) is 11.2 Å². The molecule has 3 saturated heterocycles. The van der Waals surface area contributed by atoms with E-state index in [9.17, 15) is 14.7 Å². The number of benzene rings is 1. The van der Waals surface area contributed by atoms with Crippen LogP contribution in [0.4, 0.5) is 0 Å². The van der Waals surface area contributed by atoms with Crippen molar-refractivity contribution in [2.75, 3.05) is 19.6 Å². The first-order valence-corrected chi connectivity index (χ1v) is 12.9. The van der Waals surface area contributed by atoms with Gasteiger partial charge in [0, 0.05) is 19.1 Å². The van der Waals surface area contributed by atoms with Gasteiger partial charge in [0.05, 0.1) is 23.4 Å². The zero-order valence-electron chi connectivity index (χ0n) is 20.2. The molecule has 3 aliphatic heterocycles. The van der Waals surface area contributed by atoms with Crippen LogP contribution in [0.3, 0.4) is 0 Å². The molecular formula is C28H34N2O4. The number of carbonyl (C=O) groups excluding carboxylic acids is 1. The summed E-state index contributed by atoms with van der Waals surface area (Å²) in [4.78, 5) is 31.3. The number of aromatic hydroxyl groups is 1. The van der Waals surface area contributed by atoms with E-state index in [4.69, 9.17) is 4.42 Å². The number of piperidine rings is 3. The van der Waals surface area contributed by atoms with Crippen LogP contribution >= 0.6 is 0 Å². The number of likely N-dealkylation sites (tertiary alicyclic amines) is 1. The molecule has 1 amide bonds. The Hall–Kier alpha value is -2.60. The maximum atomic E-state index is 13.7. The Balaban J connectivity index is 1.31. The third kappa shape index (κ3) is 3.49. The lowest BCUT2D eigenvalue weighted by Gasteiger charge is -2.54. The van der Waals surface area contributed by atoms with E-state index < -0.39 is 5.63 Å². The number of amides is 1. The van der Waals surface area contributed by atoms with Crippen LogP contribution in [0.1, 0.15) is 55.2 Å². The molecule has 0 saturated carbocycles. The molecule has 4 atom stereocenters. The van der Waals surface area contributed by atoms with Gasteiger partial charge in [-0.1, -0.05) is 18.1 Å². The molecule has 1 aliphatic carbocycles. The monoisotopic (exact) mass is 462 g/mol. The zero-order chi connectivity index (χ0) is 23.6. The number of phenols is 1. The standard InChI is InChI=1S/C28H34N2O4/c1-16-10-23(31)26-17(2)21(28(33)34-24(26)11-16)14-25(32)30-9-5-6-18-12-19-13-20(27(18)30)15-29-8-4-3-7-22(19)29/h10-12,19-20,22,27,31H,3-9,13-15H2,1-2H3. The lowest BCUT2D eigenvalue weighted by atomic mass is 9.68. The molecule has 3 fully saturated rings. The molecule has 0 radical (unpaired) electrons. The Labute approximate surface area is 200 Å². The van der Waals surface area contributed by atoms with Crippen LogP contribution in [-0.4, -0.2) is 52.5 Å². The van der Waals surface area contributed by atoms with E-state index in [-0.39, 0.29) is 24.1 Å². The quantitative estimate of drug-likeness (QED) is 0.538. The van der Waals surface area contributed by atoms with Crippen LogP contribution in [0.15, 0.2) is 33.0 Å². The van der Waals surface area contributed by atoms with Crippen molar-refractivity contribution in [1.29, 1.82) is 0 Å². The Kier molecular flexibility index (Phi) is 5.32. The number of phenolic OH excluding ortho intramolecular Hbond substituents is 1. The highest BCUT2D eigenvalue weighted by Crippen LogP contribution is 2.45. The van der Waals surface area contributed by atoms with Crippen molar-refractivity contribution in [1.82, 2.24) is 9.80 Å². The van der Waals surface area contributed by atoms with Crippen LogP contribution in [0.25, 0.3) is 11.0 Å². The van der Waals surface area contributed by atoms with Crippen molar-refractivity contribution in [3.05, 3.63) is 50.9 Å². The summed E-state index contributed by atoms with van der Waals surface area (Å²) in [5, 5.41) is 11.0. The number of aryl methyl sites for hydroxylation is 2. The normalized spacial score (nSPS) is 28.9. The fourth-order valence-electron chi connectivity index (χ4n) is 7.37. The summed E-state index contributed by atoms with van der Waals surface area (Å²) in [6.45, 7) is 6.66. The topological polar surface area (TPSA) is 74.0 Å². The van der Waals surface area contributed by atoms with Gasteiger partial charge in [-0.25, -0.2) is 4.79 Å². The van der Waals surface area contributed by atoms with Crippen molar-refractivity contribution in [3.63, 3.8) is 0 Å². The molecule has 2 aromatic rings. The summed E-state index contributed by atoms with van der Waals surface area (Å²) in [7, 11) is 0. The van der Waals surface area contributed by atoms with Crippen molar-refractivity contribution in [2.45, 2.75) is 70.9 Å². The highest BCUT2D eigenvalue weighted by atomic mass is 16.4. The number of carbonyl (C=O) groups is 1. The second kappa shape index (κ2) is 8.26. The maximum absolute atomic E-state index is 13.7. The summed E-state index contributed by atoms with van der Waals surface area (Å²) in [5.41, 5.74) is 3.16. The molecule has 180 valence electrons. The van der Waals surface area contributed by atoms with Gasteiger partial charge in [-0.2, -0.15) is 0 Å². The molecule has 1 aromatic heterocycles. The maximum Gasteiger partial charge on any atom is 0.340 e. The Bertz CT molecular complexity index is 1250. The lowest BCUT2D eigenvalue weighted by molar-refractivity contribution is -0.135. The molecule has 4 aliphatic rings. The molecule has 4 unspecified atom stereocenters. The molecule has 6 rings (SSSR count). The first-order valence-electron chi connectivity index (χ1n) is 12.9. The average molecular weight is 463 g/mol. The van der Waals surface area contributed by atoms with Crippen molar-refractivity contribution < 1.29 is 14.3 Å². The lowest BCUT2D eigenvalue weighted by Crippen LogP contribution is -2.60. The van der Waals surface area contributed by atoms with E-state index in [1.165, 1.54) is 37.8 Å². The second-order valence-corrected chi connectivity index (χ2v) is 10.9. The minimum absolute atomic E-state index is 0.00355. The highest BCUT2D eigenvalue weighted by molar-refractivity contribution is 5.89. The van der Waals surface area contributed by atoms with E-state index in [1.54, 1.807) is 19.1 Å². The van der Waals surface area contributed by atoms with Crippen molar-refractivity contribution in [2.24, 2.45) is 11.8 Å². The molecule has 4 heterocycles. The fourth-order valence-corrected chi connectivity index (χ4v) is 7.37. The average Bonchev–Trinajstić information content (AvgIpc) is 2.80. The first-order chi connectivity index (χ1) is 16.4. The van der Waals surface area contributed by atoms with Crippen molar-refractivity contribution in [3.8, 4) is 5.75 Å². The summed E-state index contributed by atoms with van der Waals surface area (Å²) < 4.78 is 5.55. The van der Waals surface area contributed by atoms with Gasteiger partial charge in [-0.3, -0.25) is 9.69 Å². The second-order valence-electron chi connectivity index (χ2n) is 10.9. The van der Waals surface area contributed by atoms with E-state index in [1.807, 2.05) is 6.92 Å². The fraction of sp³-hybridized carbons (Fsp3) is 0.571. The molecule has 1 N–H and O–H groups in total. The van der Waals surface area contributed by atoms with E-state index in [0.29, 0.717) is 40.0 Å². The van der Waals surface area contributed by atoms with Gasteiger partial charge in [0.2, 0.25) is 5.91 Å². The summed E-state index contributed by atoms with van der Waals surface area (Å²) in [6.07, 6.45) is 9.68. The molecule has 1 aromatic carbocycles. The van der Waals surface area contributed by atoms with E-state index in [2.05, 4.69) is 15.9 Å². The van der Waals surface area contributed by atoms with Gasteiger partial charge in [0.15, 0.2) is 0 Å². The zero-order valence-corrected chi connectivity index (χ0v) is 20.2. The van der Waals surface area contributed by atoms with Crippen LogP contribution < -0.4 is 5.63 Å². The van der Waals surface area contributed by atoms with Gasteiger partial charge in [-0.15, -0.1) is 0 Å². The SMILES string of the molecule is Cc1cc(O)c2c(C)c(CC(=O)N3CCCC4=CC5CC(CN6CCCCC56)C43)c(=O)oc2c1. The number of fused-ring (bicyclic) bond motifs is 7. The first kappa shape index (κ1) is 21.9. The Morgan fingerprint density at radius 3 is 2.88 bits per heavy atom. The molecule has 34 heavy (non-hydrogen) atoms. The third-order valence-electron chi connectivity index (χ3n) is 8.81. The molecule has 0 spiro atoms. The molecule has 6 heteroatoms. The minimum atomic E-state index is -0.478. The van der Waals surface area contributed by atoms with Gasteiger partial charge in [-0.05, 0) is 87.6 Å². The molecule has 2 bridgehead atoms.